The average molecular weight is 648 g/mol. The van der Waals surface area contributed by atoms with Crippen molar-refractivity contribution in [3.8, 4) is 16.9 Å². The number of halogens is 2. The fourth-order valence-electron chi connectivity index (χ4n) is 6.49. The van der Waals surface area contributed by atoms with Crippen LogP contribution in [-0.2, 0) is 11.2 Å². The summed E-state index contributed by atoms with van der Waals surface area (Å²) in [6.07, 6.45) is 8.22. The van der Waals surface area contributed by atoms with E-state index in [9.17, 15) is 9.59 Å². The molecule has 9 nitrogen and oxygen atoms in total. The van der Waals surface area contributed by atoms with Crippen LogP contribution in [0, 0.1) is 11.7 Å². The molecule has 4 aromatic rings. The number of nitrogens with one attached hydrogen (secondary N) is 1. The minimum Gasteiger partial charge on any atom is -0.388 e. The van der Waals surface area contributed by atoms with Crippen LogP contribution in [0.25, 0.3) is 28.0 Å². The molecule has 1 aliphatic rings. The van der Waals surface area contributed by atoms with Crippen molar-refractivity contribution in [1.29, 1.82) is 0 Å². The fraction of sp³-hybridized carbons (Fsp3) is 0.429. The molecule has 3 heterocycles. The number of piperidine rings is 1. The summed E-state index contributed by atoms with van der Waals surface area (Å²) in [5, 5.41) is 0.735. The average Bonchev–Trinajstić information content (AvgIpc) is 3.41. The van der Waals surface area contributed by atoms with Gasteiger partial charge >= 0.3 is 5.69 Å². The summed E-state index contributed by atoms with van der Waals surface area (Å²) in [5.41, 5.74) is 14.8. The number of aliphatic imine (C=N–C) groups is 1. The number of likely N-dealkylation sites (tertiary alicyclic amines) is 1. The number of aromatic amines is 1. The fourth-order valence-corrected chi connectivity index (χ4v) is 6.73. The van der Waals surface area contributed by atoms with Crippen molar-refractivity contribution >= 4 is 34.4 Å². The maximum atomic E-state index is 15.2. The number of amides is 1. The first-order valence-electron chi connectivity index (χ1n) is 16.0. The number of rotatable bonds is 12. The highest BCUT2D eigenvalue weighted by Gasteiger charge is 2.32. The summed E-state index contributed by atoms with van der Waals surface area (Å²) >= 11 is 6.29. The Bertz CT molecular complexity index is 1780. The van der Waals surface area contributed by atoms with Crippen LogP contribution in [-0.4, -0.2) is 50.3 Å². The Morgan fingerprint density at radius 1 is 1.17 bits per heavy atom. The van der Waals surface area contributed by atoms with E-state index in [0.717, 1.165) is 56.1 Å². The Morgan fingerprint density at radius 2 is 1.93 bits per heavy atom. The maximum absolute atomic E-state index is 15.2. The molecule has 5 rings (SSSR count). The predicted molar refractivity (Wildman–Crippen MR) is 183 cm³/mol. The van der Waals surface area contributed by atoms with Crippen molar-refractivity contribution in [3.63, 3.8) is 0 Å². The molecule has 11 heteroatoms. The lowest BCUT2D eigenvalue weighted by Crippen LogP contribution is -2.46. The van der Waals surface area contributed by atoms with Gasteiger partial charge in [-0.15, -0.1) is 0 Å². The summed E-state index contributed by atoms with van der Waals surface area (Å²) < 4.78 is 16.7. The van der Waals surface area contributed by atoms with Gasteiger partial charge in [0, 0.05) is 35.8 Å². The smallest absolute Gasteiger partial charge is 0.354 e. The molecule has 46 heavy (non-hydrogen) atoms. The number of carbonyl (C=O) groups is 1. The number of carbonyl (C=O) groups excluding carboxylic acids is 1. The lowest BCUT2D eigenvalue weighted by molar-refractivity contribution is -0.121. The van der Waals surface area contributed by atoms with Gasteiger partial charge in [0.15, 0.2) is 5.82 Å². The number of hydrogen-bond donors (Lipinski definition) is 3. The molecule has 0 radical (unpaired) electrons. The first-order chi connectivity index (χ1) is 22.0. The molecular formula is C35H43ClFN7O2. The molecule has 1 amide bonds. The van der Waals surface area contributed by atoms with E-state index in [0.29, 0.717) is 46.3 Å². The van der Waals surface area contributed by atoms with Crippen LogP contribution in [0.2, 0.25) is 5.02 Å². The van der Waals surface area contributed by atoms with Gasteiger partial charge in [-0.05, 0) is 92.8 Å². The Labute approximate surface area is 273 Å². The maximum Gasteiger partial charge on any atom is 0.354 e. The molecule has 0 unspecified atom stereocenters. The van der Waals surface area contributed by atoms with Gasteiger partial charge in [-0.1, -0.05) is 44.0 Å². The second kappa shape index (κ2) is 14.6. The number of benzene rings is 2. The van der Waals surface area contributed by atoms with E-state index in [2.05, 4.69) is 33.7 Å². The van der Waals surface area contributed by atoms with Crippen LogP contribution in [0.4, 0.5) is 4.39 Å². The van der Waals surface area contributed by atoms with E-state index in [1.807, 2.05) is 30.3 Å². The number of aromatic nitrogens is 3. The molecule has 5 N–H and O–H groups in total. The van der Waals surface area contributed by atoms with E-state index >= 15 is 4.39 Å². The Balaban J connectivity index is 1.40. The lowest BCUT2D eigenvalue weighted by Gasteiger charge is -2.42. The quantitative estimate of drug-likeness (QED) is 0.122. The SMILES string of the molecule is CC(N)=NCC[C@@H]1CCC[C@@H](c2ccc(-n3cc4cc(-c5cc(CCCC(C)C)cc(Cl)c5F)[nH]c4nc3=O)cc2)N1CC(N)=O. The van der Waals surface area contributed by atoms with Crippen LogP contribution in [0.15, 0.2) is 58.4 Å². The van der Waals surface area contributed by atoms with Crippen molar-refractivity contribution in [3.05, 3.63) is 81.1 Å². The van der Waals surface area contributed by atoms with E-state index in [1.54, 1.807) is 25.3 Å². The van der Waals surface area contributed by atoms with E-state index in [1.165, 1.54) is 4.57 Å². The molecule has 2 atom stereocenters. The van der Waals surface area contributed by atoms with Crippen molar-refractivity contribution in [2.75, 3.05) is 13.1 Å². The molecular weight excluding hydrogens is 605 g/mol. The summed E-state index contributed by atoms with van der Waals surface area (Å²) in [5.74, 6) is 0.252. The molecule has 2 aromatic carbocycles. The van der Waals surface area contributed by atoms with Crippen molar-refractivity contribution in [1.82, 2.24) is 19.4 Å². The van der Waals surface area contributed by atoms with Gasteiger partial charge in [0.2, 0.25) is 5.91 Å². The molecule has 2 aromatic heterocycles. The minimum atomic E-state index is -0.510. The summed E-state index contributed by atoms with van der Waals surface area (Å²) in [7, 11) is 0. The van der Waals surface area contributed by atoms with Gasteiger partial charge in [-0.2, -0.15) is 4.98 Å². The van der Waals surface area contributed by atoms with Crippen LogP contribution in [0.3, 0.4) is 0 Å². The number of amidine groups is 1. The lowest BCUT2D eigenvalue weighted by atomic mass is 9.89. The number of nitrogens with zero attached hydrogens (tertiary/aromatic N) is 4. The van der Waals surface area contributed by atoms with Gasteiger partial charge in [0.1, 0.15) is 5.65 Å². The normalized spacial score (nSPS) is 17.7. The number of H-pyrrole nitrogens is 1. The molecule has 0 spiro atoms. The molecule has 0 saturated carbocycles. The molecule has 0 bridgehead atoms. The van der Waals surface area contributed by atoms with Gasteiger partial charge in [0.05, 0.1) is 28.8 Å². The zero-order valence-corrected chi connectivity index (χ0v) is 27.5. The summed E-state index contributed by atoms with van der Waals surface area (Å²) in [6, 6.07) is 13.2. The highest BCUT2D eigenvalue weighted by atomic mass is 35.5. The Hall–Kier alpha value is -4.02. The molecule has 1 fully saturated rings. The van der Waals surface area contributed by atoms with Gasteiger partial charge in [0.25, 0.3) is 0 Å². The number of aryl methyl sites for hydroxylation is 1. The minimum absolute atomic E-state index is 0.00988. The standard InChI is InChI=1S/C35H43ClFN7O2/c1-21(2)6-4-7-23-16-28(33(37)29(36)17-23)30-18-25-19-44(35(46)42-34(25)41-30)27-12-10-24(11-13-27)31-9-5-8-26(14-15-40-22(3)38)43(31)20-32(39)45/h10-13,16-19,21,26,31H,4-9,14-15,20H2,1-3H3,(H2,38,40)(H2,39,45)(H,41,42,46)/t26-,31-/m0/s1. The zero-order valence-electron chi connectivity index (χ0n) is 26.7. The zero-order chi connectivity index (χ0) is 33.0. The topological polar surface area (TPSA) is 135 Å². The van der Waals surface area contributed by atoms with E-state index < -0.39 is 11.5 Å². The van der Waals surface area contributed by atoms with Crippen LogP contribution < -0.4 is 17.2 Å². The number of nitrogens with two attached hydrogens (primary N) is 2. The van der Waals surface area contributed by atoms with E-state index in [4.69, 9.17) is 23.1 Å². The van der Waals surface area contributed by atoms with Crippen molar-refractivity contribution in [2.45, 2.75) is 77.8 Å². The monoisotopic (exact) mass is 647 g/mol. The third-order valence-electron chi connectivity index (χ3n) is 8.74. The summed E-state index contributed by atoms with van der Waals surface area (Å²) in [4.78, 5) is 39.1. The number of fused-ring (bicyclic) bond motifs is 1. The highest BCUT2D eigenvalue weighted by Crippen LogP contribution is 2.36. The number of hydrogen-bond acceptors (Lipinski definition) is 5. The first kappa shape index (κ1) is 33.3. The molecule has 1 saturated heterocycles. The van der Waals surface area contributed by atoms with E-state index in [-0.39, 0.29) is 29.6 Å². The summed E-state index contributed by atoms with van der Waals surface area (Å²) in [6.45, 7) is 6.88. The van der Waals surface area contributed by atoms with Crippen molar-refractivity contribution in [2.24, 2.45) is 22.4 Å². The van der Waals surface area contributed by atoms with Crippen LogP contribution in [0.1, 0.15) is 76.5 Å². The van der Waals surface area contributed by atoms with Gasteiger partial charge < -0.3 is 16.5 Å². The Kier molecular flexibility index (Phi) is 10.6. The molecule has 1 aliphatic heterocycles. The largest absolute Gasteiger partial charge is 0.388 e. The molecule has 244 valence electrons. The first-order valence-corrected chi connectivity index (χ1v) is 16.4. The Morgan fingerprint density at radius 3 is 2.63 bits per heavy atom. The second-order valence-corrected chi connectivity index (χ2v) is 13.2. The predicted octanol–water partition coefficient (Wildman–Crippen LogP) is 6.30. The second-order valence-electron chi connectivity index (χ2n) is 12.7. The van der Waals surface area contributed by atoms with Gasteiger partial charge in [-0.3, -0.25) is 19.3 Å². The molecule has 0 aliphatic carbocycles. The highest BCUT2D eigenvalue weighted by molar-refractivity contribution is 6.31. The number of primary amides is 1. The third kappa shape index (κ3) is 7.85. The van der Waals surface area contributed by atoms with Crippen molar-refractivity contribution < 1.29 is 9.18 Å². The van der Waals surface area contributed by atoms with Gasteiger partial charge in [-0.25, -0.2) is 9.18 Å². The third-order valence-corrected chi connectivity index (χ3v) is 9.01. The van der Waals surface area contributed by atoms with Crippen LogP contribution >= 0.6 is 11.6 Å². The van der Waals surface area contributed by atoms with Crippen LogP contribution in [0.5, 0.6) is 0 Å².